The Morgan fingerprint density at radius 1 is 0.933 bits per heavy atom. The number of hydrogen-bond acceptors (Lipinski definition) is 1. The van der Waals surface area contributed by atoms with Crippen molar-refractivity contribution in [2.45, 2.75) is 41.0 Å². The lowest BCUT2D eigenvalue weighted by Crippen LogP contribution is -2.30. The first-order chi connectivity index (χ1) is 14.3. The van der Waals surface area contributed by atoms with E-state index < -0.39 is 0 Å². The minimum Gasteiger partial charge on any atom is -0.261 e. The van der Waals surface area contributed by atoms with Crippen molar-refractivity contribution in [2.24, 2.45) is 13.0 Å². The summed E-state index contributed by atoms with van der Waals surface area (Å²) in [5, 5.41) is 2.51. The van der Waals surface area contributed by atoms with Crippen molar-refractivity contribution < 1.29 is 4.57 Å². The van der Waals surface area contributed by atoms with Gasteiger partial charge in [0.15, 0.2) is 6.20 Å². The van der Waals surface area contributed by atoms with Crippen LogP contribution in [-0.4, -0.2) is 4.98 Å². The molecule has 4 rings (SSSR count). The molecular weight excluding hydrogens is 364 g/mol. The Bertz CT molecular complexity index is 1220. The van der Waals surface area contributed by atoms with Gasteiger partial charge in [-0.15, -0.1) is 0 Å². The highest BCUT2D eigenvalue weighted by Gasteiger charge is 2.17. The highest BCUT2D eigenvalue weighted by atomic mass is 14.9. The number of nitrogens with zero attached hydrogens (tertiary/aromatic N) is 2. The minimum atomic E-state index is 0.615. The van der Waals surface area contributed by atoms with E-state index in [1.54, 1.807) is 0 Å². The molecule has 2 aromatic carbocycles. The second kappa shape index (κ2) is 8.02. The van der Waals surface area contributed by atoms with E-state index in [-0.39, 0.29) is 0 Å². The van der Waals surface area contributed by atoms with E-state index in [9.17, 15) is 0 Å². The van der Waals surface area contributed by atoms with Crippen molar-refractivity contribution in [3.05, 3.63) is 83.3 Å². The average Bonchev–Trinajstić information content (AvgIpc) is 2.70. The van der Waals surface area contributed by atoms with Gasteiger partial charge in [0.1, 0.15) is 7.05 Å². The van der Waals surface area contributed by atoms with Gasteiger partial charge in [-0.25, -0.2) is 4.57 Å². The van der Waals surface area contributed by atoms with Crippen molar-refractivity contribution in [3.63, 3.8) is 0 Å². The van der Waals surface area contributed by atoms with Gasteiger partial charge in [0.05, 0.1) is 0 Å². The molecule has 0 aliphatic heterocycles. The first-order valence-electron chi connectivity index (χ1n) is 10.8. The van der Waals surface area contributed by atoms with Gasteiger partial charge in [0, 0.05) is 39.9 Å². The van der Waals surface area contributed by atoms with Crippen molar-refractivity contribution in [1.82, 2.24) is 4.98 Å². The van der Waals surface area contributed by atoms with Gasteiger partial charge in [0.25, 0.3) is 0 Å². The highest BCUT2D eigenvalue weighted by molar-refractivity contribution is 5.97. The van der Waals surface area contributed by atoms with E-state index >= 15 is 0 Å². The predicted octanol–water partition coefficient (Wildman–Crippen LogP) is 6.52. The molecule has 0 bridgehead atoms. The average molecular weight is 396 g/mol. The Labute approximate surface area is 180 Å². The zero-order valence-corrected chi connectivity index (χ0v) is 19.0. The zero-order valence-electron chi connectivity index (χ0n) is 19.0. The van der Waals surface area contributed by atoms with E-state index in [0.29, 0.717) is 5.92 Å². The Balaban J connectivity index is 1.88. The summed E-state index contributed by atoms with van der Waals surface area (Å²) < 4.78 is 2.25. The van der Waals surface area contributed by atoms with Crippen LogP contribution in [0.25, 0.3) is 33.2 Å². The van der Waals surface area contributed by atoms with Crippen LogP contribution in [0.1, 0.15) is 36.2 Å². The second-order valence-corrected chi connectivity index (χ2v) is 8.97. The van der Waals surface area contributed by atoms with Crippen molar-refractivity contribution in [3.8, 4) is 22.4 Å². The Morgan fingerprint density at radius 3 is 2.43 bits per heavy atom. The number of fused-ring (bicyclic) bond motifs is 1. The maximum Gasteiger partial charge on any atom is 0.213 e. The van der Waals surface area contributed by atoms with Crippen LogP contribution >= 0.6 is 0 Å². The normalized spacial score (nSPS) is 11.4. The number of rotatable bonds is 4. The Hall–Kier alpha value is -3.00. The minimum absolute atomic E-state index is 0.615. The maximum atomic E-state index is 4.73. The molecule has 0 atom stereocenters. The summed E-state index contributed by atoms with van der Waals surface area (Å²) in [6.45, 7) is 11.1. The number of hydrogen-bond donors (Lipinski definition) is 0. The molecule has 152 valence electrons. The van der Waals surface area contributed by atoms with E-state index in [1.165, 1.54) is 49.8 Å². The quantitative estimate of drug-likeness (QED) is 0.360. The Morgan fingerprint density at radius 2 is 1.73 bits per heavy atom. The zero-order chi connectivity index (χ0) is 21.4. The fourth-order valence-corrected chi connectivity index (χ4v) is 4.32. The maximum absolute atomic E-state index is 4.73. The summed E-state index contributed by atoms with van der Waals surface area (Å²) in [5.74, 6) is 0.615. The molecule has 0 unspecified atom stereocenters. The molecule has 2 aromatic heterocycles. The van der Waals surface area contributed by atoms with Gasteiger partial charge in [-0.3, -0.25) is 4.98 Å². The molecule has 0 fully saturated rings. The van der Waals surface area contributed by atoms with Gasteiger partial charge < -0.3 is 0 Å². The molecule has 0 saturated heterocycles. The monoisotopic (exact) mass is 395 g/mol. The van der Waals surface area contributed by atoms with Crippen LogP contribution in [0.15, 0.2) is 60.9 Å². The molecule has 0 radical (unpaired) electrons. The molecule has 4 aromatic rings. The highest BCUT2D eigenvalue weighted by Crippen LogP contribution is 2.32. The summed E-state index contributed by atoms with van der Waals surface area (Å²) in [4.78, 5) is 4.73. The topological polar surface area (TPSA) is 16.8 Å². The molecule has 0 aliphatic rings. The van der Waals surface area contributed by atoms with Gasteiger partial charge in [-0.05, 0) is 68.0 Å². The lowest BCUT2D eigenvalue weighted by atomic mass is 9.94. The van der Waals surface area contributed by atoms with E-state index in [1.807, 2.05) is 6.20 Å². The summed E-state index contributed by atoms with van der Waals surface area (Å²) in [5.41, 5.74) is 10.1. The van der Waals surface area contributed by atoms with Gasteiger partial charge in [-0.1, -0.05) is 43.7 Å². The summed E-state index contributed by atoms with van der Waals surface area (Å²) in [6.07, 6.45) is 5.29. The molecule has 0 amide bonds. The standard InChI is InChI=1S/C28H31N2/c1-18(2)12-24-11-10-22(16-29-24)25-9-7-8-23-17-30(6)28(15-27(23)25)26-14-19(3)13-20(4)21(26)5/h7-11,13-18H,12H2,1-6H3/q+1. The molecule has 0 spiro atoms. The van der Waals surface area contributed by atoms with E-state index in [2.05, 4.69) is 101 Å². The first-order valence-corrected chi connectivity index (χ1v) is 10.8. The number of pyridine rings is 2. The third-order valence-electron chi connectivity index (χ3n) is 5.97. The molecule has 2 heteroatoms. The third kappa shape index (κ3) is 3.87. The lowest BCUT2D eigenvalue weighted by Gasteiger charge is -2.12. The molecule has 30 heavy (non-hydrogen) atoms. The lowest BCUT2D eigenvalue weighted by molar-refractivity contribution is -0.659. The van der Waals surface area contributed by atoms with E-state index in [4.69, 9.17) is 4.98 Å². The van der Waals surface area contributed by atoms with Crippen molar-refractivity contribution in [1.29, 1.82) is 0 Å². The number of aryl methyl sites for hydroxylation is 3. The summed E-state index contributed by atoms with van der Waals surface area (Å²) >= 11 is 0. The Kier molecular flexibility index (Phi) is 5.42. The van der Waals surface area contributed by atoms with Crippen LogP contribution in [0.2, 0.25) is 0 Å². The van der Waals surface area contributed by atoms with Gasteiger partial charge in [-0.2, -0.15) is 0 Å². The van der Waals surface area contributed by atoms with Gasteiger partial charge >= 0.3 is 0 Å². The van der Waals surface area contributed by atoms with Crippen LogP contribution < -0.4 is 4.57 Å². The van der Waals surface area contributed by atoms with Crippen molar-refractivity contribution >= 4 is 10.8 Å². The second-order valence-electron chi connectivity index (χ2n) is 8.97. The van der Waals surface area contributed by atoms with Gasteiger partial charge in [0.2, 0.25) is 5.69 Å². The number of aromatic nitrogens is 2. The molecular formula is C28H31N2+. The number of benzene rings is 2. The molecule has 2 heterocycles. The first kappa shape index (κ1) is 20.3. The van der Waals surface area contributed by atoms with Crippen molar-refractivity contribution in [2.75, 3.05) is 0 Å². The molecule has 0 aliphatic carbocycles. The largest absolute Gasteiger partial charge is 0.261 e. The van der Waals surface area contributed by atoms with E-state index in [0.717, 1.165) is 12.1 Å². The summed E-state index contributed by atoms with van der Waals surface area (Å²) in [7, 11) is 2.14. The molecule has 0 N–H and O–H groups in total. The third-order valence-corrected chi connectivity index (χ3v) is 5.97. The smallest absolute Gasteiger partial charge is 0.213 e. The predicted molar refractivity (Wildman–Crippen MR) is 127 cm³/mol. The van der Waals surface area contributed by atoms with Crippen LogP contribution in [0.3, 0.4) is 0 Å². The van der Waals surface area contributed by atoms with Crippen LogP contribution in [0.4, 0.5) is 0 Å². The summed E-state index contributed by atoms with van der Waals surface area (Å²) in [6, 6.07) is 17.8. The molecule has 2 nitrogen and oxygen atoms in total. The van der Waals surface area contributed by atoms with Crippen LogP contribution in [0.5, 0.6) is 0 Å². The fraction of sp³-hybridized carbons (Fsp3) is 0.286. The fourth-order valence-electron chi connectivity index (χ4n) is 4.32. The van der Waals surface area contributed by atoms with Crippen LogP contribution in [-0.2, 0) is 13.5 Å². The SMILES string of the molecule is Cc1cc(C)c(C)c(-c2cc3c(-c4ccc(CC(C)C)nc4)cccc3c[n+]2C)c1. The van der Waals surface area contributed by atoms with Crippen LogP contribution in [0, 0.1) is 26.7 Å². The molecule has 0 saturated carbocycles.